The molecule has 88 valence electrons. The highest BCUT2D eigenvalue weighted by Gasteiger charge is 2.11. The molecule has 0 spiro atoms. The summed E-state index contributed by atoms with van der Waals surface area (Å²) >= 11 is 0. The zero-order valence-corrected chi connectivity index (χ0v) is 10.0. The lowest BCUT2D eigenvalue weighted by atomic mass is 10.1. The zero-order chi connectivity index (χ0) is 12.1. The fraction of sp³-hybridized carbons (Fsp3) is 0.462. The molecule has 1 atom stereocenters. The molecule has 0 aliphatic heterocycles. The van der Waals surface area contributed by atoms with Gasteiger partial charge in [0, 0.05) is 6.04 Å². The molecule has 1 unspecified atom stereocenters. The number of carbonyl (C=O) groups is 1. The second-order valence-electron chi connectivity index (χ2n) is 4.45. The number of rotatable bonds is 4. The van der Waals surface area contributed by atoms with Crippen LogP contribution in [-0.2, 0) is 11.2 Å². The van der Waals surface area contributed by atoms with E-state index in [-0.39, 0.29) is 17.7 Å². The minimum Gasteiger partial charge on any atom is -0.508 e. The Labute approximate surface area is 96.5 Å². The van der Waals surface area contributed by atoms with Gasteiger partial charge in [-0.25, -0.2) is 0 Å². The van der Waals surface area contributed by atoms with Crippen molar-refractivity contribution in [1.29, 1.82) is 0 Å². The quantitative estimate of drug-likeness (QED) is 0.818. The van der Waals surface area contributed by atoms with E-state index in [2.05, 4.69) is 19.2 Å². The number of phenols is 1. The predicted molar refractivity (Wildman–Crippen MR) is 64.3 cm³/mol. The summed E-state index contributed by atoms with van der Waals surface area (Å²) in [6.45, 7) is 6.13. The number of hydrogen-bond donors (Lipinski definition) is 2. The molecule has 0 aliphatic rings. The Kier molecular flexibility index (Phi) is 4.35. The van der Waals surface area contributed by atoms with Crippen LogP contribution in [0.2, 0.25) is 0 Å². The summed E-state index contributed by atoms with van der Waals surface area (Å²) < 4.78 is 0. The van der Waals surface area contributed by atoms with Crippen molar-refractivity contribution in [2.45, 2.75) is 33.2 Å². The van der Waals surface area contributed by atoms with Gasteiger partial charge in [-0.2, -0.15) is 0 Å². The molecule has 1 rings (SSSR count). The van der Waals surface area contributed by atoms with E-state index >= 15 is 0 Å². The number of phenolic OH excluding ortho intramolecular Hbond substituents is 1. The molecular weight excluding hydrogens is 202 g/mol. The molecule has 0 saturated carbocycles. The van der Waals surface area contributed by atoms with Gasteiger partial charge < -0.3 is 10.4 Å². The summed E-state index contributed by atoms with van der Waals surface area (Å²) in [6, 6.07) is 6.95. The second-order valence-corrected chi connectivity index (χ2v) is 4.45. The fourth-order valence-electron chi connectivity index (χ4n) is 1.32. The molecule has 0 aromatic heterocycles. The van der Waals surface area contributed by atoms with E-state index in [1.165, 1.54) is 0 Å². The Balaban J connectivity index is 2.52. The van der Waals surface area contributed by atoms with E-state index in [9.17, 15) is 9.90 Å². The average Bonchev–Trinajstić information content (AvgIpc) is 2.16. The van der Waals surface area contributed by atoms with Crippen molar-refractivity contribution in [2.24, 2.45) is 5.92 Å². The SMILES string of the molecule is CC(C)C(C)NC(=O)Cc1cccc(O)c1. The van der Waals surface area contributed by atoms with Gasteiger partial charge in [-0.05, 0) is 30.5 Å². The molecule has 2 N–H and O–H groups in total. The van der Waals surface area contributed by atoms with E-state index in [1.54, 1.807) is 18.2 Å². The molecule has 0 aliphatic carbocycles. The number of aromatic hydroxyl groups is 1. The highest BCUT2D eigenvalue weighted by atomic mass is 16.3. The molecule has 0 fully saturated rings. The minimum absolute atomic E-state index is 0.00759. The molecule has 1 aromatic carbocycles. The van der Waals surface area contributed by atoms with Crippen LogP contribution in [0.5, 0.6) is 5.75 Å². The van der Waals surface area contributed by atoms with Crippen molar-refractivity contribution in [2.75, 3.05) is 0 Å². The van der Waals surface area contributed by atoms with Gasteiger partial charge in [-0.3, -0.25) is 4.79 Å². The summed E-state index contributed by atoms with van der Waals surface area (Å²) in [6.07, 6.45) is 0.311. The van der Waals surface area contributed by atoms with E-state index in [0.29, 0.717) is 12.3 Å². The number of hydrogen-bond acceptors (Lipinski definition) is 2. The van der Waals surface area contributed by atoms with E-state index < -0.39 is 0 Å². The Morgan fingerprint density at radius 2 is 2.06 bits per heavy atom. The van der Waals surface area contributed by atoms with Crippen LogP contribution in [-0.4, -0.2) is 17.1 Å². The third kappa shape index (κ3) is 3.93. The molecule has 0 heterocycles. The van der Waals surface area contributed by atoms with Gasteiger partial charge in [0.25, 0.3) is 0 Å². The van der Waals surface area contributed by atoms with Gasteiger partial charge in [0.1, 0.15) is 5.75 Å². The fourth-order valence-corrected chi connectivity index (χ4v) is 1.32. The van der Waals surface area contributed by atoms with Crippen LogP contribution in [0.25, 0.3) is 0 Å². The van der Waals surface area contributed by atoms with Gasteiger partial charge in [0.2, 0.25) is 5.91 Å². The molecule has 0 bridgehead atoms. The molecule has 1 aromatic rings. The zero-order valence-electron chi connectivity index (χ0n) is 10.0. The molecule has 0 saturated heterocycles. The van der Waals surface area contributed by atoms with Gasteiger partial charge >= 0.3 is 0 Å². The van der Waals surface area contributed by atoms with E-state index in [1.807, 2.05) is 13.0 Å². The maximum absolute atomic E-state index is 11.6. The van der Waals surface area contributed by atoms with Gasteiger partial charge in [-0.15, -0.1) is 0 Å². The van der Waals surface area contributed by atoms with Crippen LogP contribution < -0.4 is 5.32 Å². The first-order chi connectivity index (χ1) is 7.49. The molecular formula is C13H19NO2. The van der Waals surface area contributed by atoms with E-state index in [4.69, 9.17) is 0 Å². The van der Waals surface area contributed by atoms with Crippen LogP contribution >= 0.6 is 0 Å². The first-order valence-corrected chi connectivity index (χ1v) is 5.56. The number of nitrogens with one attached hydrogen (secondary N) is 1. The topological polar surface area (TPSA) is 49.3 Å². The Morgan fingerprint density at radius 3 is 2.62 bits per heavy atom. The van der Waals surface area contributed by atoms with E-state index in [0.717, 1.165) is 5.56 Å². The number of carbonyl (C=O) groups excluding carboxylic acids is 1. The van der Waals surface area contributed by atoms with Crippen molar-refractivity contribution in [3.8, 4) is 5.75 Å². The van der Waals surface area contributed by atoms with Crippen LogP contribution in [0.3, 0.4) is 0 Å². The lowest BCUT2D eigenvalue weighted by Crippen LogP contribution is -2.37. The molecule has 16 heavy (non-hydrogen) atoms. The lowest BCUT2D eigenvalue weighted by Gasteiger charge is -2.17. The molecule has 3 heteroatoms. The minimum atomic E-state index is -0.00759. The third-order valence-corrected chi connectivity index (χ3v) is 2.66. The van der Waals surface area contributed by atoms with Crippen molar-refractivity contribution < 1.29 is 9.90 Å². The predicted octanol–water partition coefficient (Wildman–Crippen LogP) is 2.10. The molecule has 1 amide bonds. The summed E-state index contributed by atoms with van der Waals surface area (Å²) in [5.74, 6) is 0.613. The van der Waals surface area contributed by atoms with Gasteiger partial charge in [-0.1, -0.05) is 26.0 Å². The Morgan fingerprint density at radius 1 is 1.38 bits per heavy atom. The second kappa shape index (κ2) is 5.54. The van der Waals surface area contributed by atoms with Crippen molar-refractivity contribution >= 4 is 5.91 Å². The summed E-state index contributed by atoms with van der Waals surface area (Å²) in [5, 5.41) is 12.2. The summed E-state index contributed by atoms with van der Waals surface area (Å²) in [7, 11) is 0. The number of benzene rings is 1. The van der Waals surface area contributed by atoms with Crippen molar-refractivity contribution in [3.05, 3.63) is 29.8 Å². The highest BCUT2D eigenvalue weighted by molar-refractivity contribution is 5.78. The third-order valence-electron chi connectivity index (χ3n) is 2.66. The number of amides is 1. The van der Waals surface area contributed by atoms with Crippen molar-refractivity contribution in [1.82, 2.24) is 5.32 Å². The summed E-state index contributed by atoms with van der Waals surface area (Å²) in [4.78, 5) is 11.6. The first kappa shape index (κ1) is 12.6. The maximum Gasteiger partial charge on any atom is 0.224 e. The van der Waals surface area contributed by atoms with Crippen LogP contribution in [0.15, 0.2) is 24.3 Å². The Bertz CT molecular complexity index is 361. The monoisotopic (exact) mass is 221 g/mol. The largest absolute Gasteiger partial charge is 0.508 e. The smallest absolute Gasteiger partial charge is 0.224 e. The summed E-state index contributed by atoms with van der Waals surface area (Å²) in [5.41, 5.74) is 0.827. The van der Waals surface area contributed by atoms with Crippen molar-refractivity contribution in [3.63, 3.8) is 0 Å². The molecule has 0 radical (unpaired) electrons. The molecule has 3 nitrogen and oxygen atoms in total. The van der Waals surface area contributed by atoms with Gasteiger partial charge in [0.15, 0.2) is 0 Å². The highest BCUT2D eigenvalue weighted by Crippen LogP contribution is 2.11. The normalized spacial score (nSPS) is 12.5. The maximum atomic E-state index is 11.6. The van der Waals surface area contributed by atoms with Crippen LogP contribution in [0, 0.1) is 5.92 Å². The van der Waals surface area contributed by atoms with Gasteiger partial charge in [0.05, 0.1) is 6.42 Å². The lowest BCUT2D eigenvalue weighted by molar-refractivity contribution is -0.121. The first-order valence-electron chi connectivity index (χ1n) is 5.56. The van der Waals surface area contributed by atoms with Crippen LogP contribution in [0.4, 0.5) is 0 Å². The van der Waals surface area contributed by atoms with Crippen LogP contribution in [0.1, 0.15) is 26.3 Å². The Hall–Kier alpha value is -1.51. The average molecular weight is 221 g/mol. The standard InChI is InChI=1S/C13H19NO2/c1-9(2)10(3)14-13(16)8-11-5-4-6-12(15)7-11/h4-7,9-10,15H,8H2,1-3H3,(H,14,16).